The zero-order chi connectivity index (χ0) is 14.9. The van der Waals surface area contributed by atoms with Crippen LogP contribution in [0.1, 0.15) is 0 Å². The molecule has 2 heterocycles. The highest BCUT2D eigenvalue weighted by Gasteiger charge is 2.16. The van der Waals surface area contributed by atoms with Crippen molar-refractivity contribution in [3.8, 4) is 0 Å². The third-order valence-corrected chi connectivity index (χ3v) is 4.26. The molecule has 0 aliphatic carbocycles. The number of anilines is 2. The van der Waals surface area contributed by atoms with Gasteiger partial charge in [0.2, 0.25) is 0 Å². The van der Waals surface area contributed by atoms with E-state index in [9.17, 15) is 8.42 Å². The number of rotatable bonds is 4. The highest BCUT2D eigenvalue weighted by molar-refractivity contribution is 7.92. The van der Waals surface area contributed by atoms with Crippen LogP contribution in [0, 0.1) is 0 Å². The normalized spacial score (nSPS) is 11.5. The standard InChI is InChI=1S/C13H12N4O3S/c1-14-12-5-2-9-8-10(3-4-11(9)15-12)21(18,19)17-13-6-7-20-16-13/h2-8H,1H3,(H,14,15)(H,16,17). The molecule has 0 bridgehead atoms. The first kappa shape index (κ1) is 13.4. The lowest BCUT2D eigenvalue weighted by atomic mass is 10.2. The fourth-order valence-corrected chi connectivity index (χ4v) is 2.90. The van der Waals surface area contributed by atoms with Crippen LogP contribution in [-0.2, 0) is 10.0 Å². The quantitative estimate of drug-likeness (QED) is 0.766. The molecule has 0 saturated heterocycles. The van der Waals surface area contributed by atoms with Crippen molar-refractivity contribution in [2.24, 2.45) is 0 Å². The predicted octanol–water partition coefficient (Wildman–Crippen LogP) is 2.07. The zero-order valence-corrected chi connectivity index (χ0v) is 11.9. The third kappa shape index (κ3) is 2.65. The van der Waals surface area contributed by atoms with Gasteiger partial charge in [-0.3, -0.25) is 4.72 Å². The molecule has 0 spiro atoms. The van der Waals surface area contributed by atoms with E-state index >= 15 is 0 Å². The molecule has 0 unspecified atom stereocenters. The average Bonchev–Trinajstić information content (AvgIpc) is 2.98. The van der Waals surface area contributed by atoms with Crippen LogP contribution in [0.25, 0.3) is 10.9 Å². The van der Waals surface area contributed by atoms with Crippen molar-refractivity contribution in [3.63, 3.8) is 0 Å². The van der Waals surface area contributed by atoms with Gasteiger partial charge in [0.1, 0.15) is 12.1 Å². The molecule has 0 fully saturated rings. The molecule has 8 heteroatoms. The second-order valence-corrected chi connectivity index (χ2v) is 5.97. The van der Waals surface area contributed by atoms with E-state index in [0.29, 0.717) is 5.52 Å². The molecule has 3 rings (SSSR count). The zero-order valence-electron chi connectivity index (χ0n) is 11.1. The Labute approximate surface area is 121 Å². The third-order valence-electron chi connectivity index (χ3n) is 2.90. The van der Waals surface area contributed by atoms with E-state index in [2.05, 4.69) is 24.7 Å². The second kappa shape index (κ2) is 5.06. The van der Waals surface area contributed by atoms with E-state index in [1.165, 1.54) is 18.4 Å². The number of fused-ring (bicyclic) bond motifs is 1. The maximum atomic E-state index is 12.2. The lowest BCUT2D eigenvalue weighted by Gasteiger charge is -2.07. The lowest BCUT2D eigenvalue weighted by molar-refractivity contribution is 0.423. The van der Waals surface area contributed by atoms with E-state index in [1.54, 1.807) is 25.2 Å². The molecular weight excluding hydrogens is 292 g/mol. The van der Waals surface area contributed by atoms with Crippen LogP contribution in [0.3, 0.4) is 0 Å². The van der Waals surface area contributed by atoms with E-state index in [-0.39, 0.29) is 10.7 Å². The molecule has 0 aliphatic rings. The Hall–Kier alpha value is -2.61. The van der Waals surface area contributed by atoms with Crippen molar-refractivity contribution in [1.29, 1.82) is 0 Å². The van der Waals surface area contributed by atoms with Crippen LogP contribution < -0.4 is 10.0 Å². The van der Waals surface area contributed by atoms with Gasteiger partial charge in [-0.25, -0.2) is 13.4 Å². The van der Waals surface area contributed by atoms with Gasteiger partial charge in [0.05, 0.1) is 10.4 Å². The molecule has 21 heavy (non-hydrogen) atoms. The SMILES string of the molecule is CNc1ccc2cc(S(=O)(=O)Nc3ccon3)ccc2n1. The fraction of sp³-hybridized carbons (Fsp3) is 0.0769. The maximum Gasteiger partial charge on any atom is 0.263 e. The average molecular weight is 304 g/mol. The van der Waals surface area contributed by atoms with Crippen LogP contribution in [0.15, 0.2) is 52.1 Å². The molecule has 0 atom stereocenters. The molecule has 0 amide bonds. The highest BCUT2D eigenvalue weighted by Crippen LogP contribution is 2.21. The fourth-order valence-electron chi connectivity index (χ4n) is 1.87. The summed E-state index contributed by atoms with van der Waals surface area (Å²) in [6, 6.07) is 9.74. The van der Waals surface area contributed by atoms with Crippen molar-refractivity contribution in [1.82, 2.24) is 10.1 Å². The molecule has 0 aliphatic heterocycles. The monoisotopic (exact) mass is 304 g/mol. The molecule has 0 saturated carbocycles. The minimum absolute atomic E-state index is 0.136. The van der Waals surface area contributed by atoms with Crippen molar-refractivity contribution < 1.29 is 12.9 Å². The van der Waals surface area contributed by atoms with Gasteiger partial charge < -0.3 is 9.84 Å². The molecule has 2 aromatic heterocycles. The highest BCUT2D eigenvalue weighted by atomic mass is 32.2. The maximum absolute atomic E-state index is 12.2. The molecule has 108 valence electrons. The van der Waals surface area contributed by atoms with Gasteiger partial charge in [-0.1, -0.05) is 5.16 Å². The summed E-state index contributed by atoms with van der Waals surface area (Å²) in [5, 5.41) is 7.19. The number of aromatic nitrogens is 2. The first-order valence-corrected chi connectivity index (χ1v) is 7.58. The summed E-state index contributed by atoms with van der Waals surface area (Å²) in [6.07, 6.45) is 1.29. The number of benzene rings is 1. The van der Waals surface area contributed by atoms with Gasteiger partial charge >= 0.3 is 0 Å². The lowest BCUT2D eigenvalue weighted by Crippen LogP contribution is -2.13. The Kier molecular flexibility index (Phi) is 3.22. The summed E-state index contributed by atoms with van der Waals surface area (Å²) in [4.78, 5) is 4.48. The number of pyridine rings is 1. The van der Waals surface area contributed by atoms with Crippen LogP contribution in [0.4, 0.5) is 11.6 Å². The van der Waals surface area contributed by atoms with Crippen LogP contribution in [0.5, 0.6) is 0 Å². The second-order valence-electron chi connectivity index (χ2n) is 4.29. The minimum atomic E-state index is -3.71. The summed E-state index contributed by atoms with van der Waals surface area (Å²) >= 11 is 0. The largest absolute Gasteiger partial charge is 0.373 e. The number of sulfonamides is 1. The van der Waals surface area contributed by atoms with Crippen molar-refractivity contribution in [2.45, 2.75) is 4.90 Å². The van der Waals surface area contributed by atoms with Crippen LogP contribution in [-0.4, -0.2) is 25.6 Å². The predicted molar refractivity (Wildman–Crippen MR) is 78.6 cm³/mol. The van der Waals surface area contributed by atoms with Crippen molar-refractivity contribution in [3.05, 3.63) is 42.7 Å². The van der Waals surface area contributed by atoms with Gasteiger partial charge in [-0.2, -0.15) is 0 Å². The van der Waals surface area contributed by atoms with Gasteiger partial charge in [-0.15, -0.1) is 0 Å². The van der Waals surface area contributed by atoms with Gasteiger partial charge in [0.15, 0.2) is 5.82 Å². The summed E-state index contributed by atoms with van der Waals surface area (Å²) in [5.41, 5.74) is 0.710. The number of hydrogen-bond acceptors (Lipinski definition) is 6. The summed E-state index contributed by atoms with van der Waals surface area (Å²) < 4.78 is 31.4. The Bertz CT molecular complexity index is 876. The first-order chi connectivity index (χ1) is 10.1. The molecule has 7 nitrogen and oxygen atoms in total. The van der Waals surface area contributed by atoms with Crippen molar-refractivity contribution >= 4 is 32.6 Å². The molecule has 3 aromatic rings. The minimum Gasteiger partial charge on any atom is -0.373 e. The Morgan fingerprint density at radius 2 is 1.95 bits per heavy atom. The Morgan fingerprint density at radius 1 is 1.10 bits per heavy atom. The summed E-state index contributed by atoms with van der Waals surface area (Å²) in [5.74, 6) is 0.859. The van der Waals surface area contributed by atoms with Gasteiger partial charge in [0.25, 0.3) is 10.0 Å². The van der Waals surface area contributed by atoms with Crippen LogP contribution >= 0.6 is 0 Å². The van der Waals surface area contributed by atoms with Gasteiger partial charge in [0, 0.05) is 18.5 Å². The molecule has 2 N–H and O–H groups in total. The first-order valence-electron chi connectivity index (χ1n) is 6.10. The smallest absolute Gasteiger partial charge is 0.263 e. The van der Waals surface area contributed by atoms with E-state index in [0.717, 1.165) is 11.2 Å². The van der Waals surface area contributed by atoms with E-state index in [1.807, 2.05) is 6.07 Å². The number of nitrogens with one attached hydrogen (secondary N) is 2. The number of hydrogen-bond donors (Lipinski definition) is 2. The molecule has 0 radical (unpaired) electrons. The van der Waals surface area contributed by atoms with Crippen LogP contribution in [0.2, 0.25) is 0 Å². The van der Waals surface area contributed by atoms with Crippen molar-refractivity contribution in [2.75, 3.05) is 17.1 Å². The summed E-state index contributed by atoms with van der Waals surface area (Å²) in [7, 11) is -1.93. The Balaban J connectivity index is 2.00. The Morgan fingerprint density at radius 3 is 2.67 bits per heavy atom. The van der Waals surface area contributed by atoms with Gasteiger partial charge in [-0.05, 0) is 30.3 Å². The molecular formula is C13H12N4O3S. The van der Waals surface area contributed by atoms with E-state index < -0.39 is 10.0 Å². The number of nitrogens with zero attached hydrogens (tertiary/aromatic N) is 2. The summed E-state index contributed by atoms with van der Waals surface area (Å²) in [6.45, 7) is 0. The van der Waals surface area contributed by atoms with E-state index in [4.69, 9.17) is 0 Å². The molecule has 1 aromatic carbocycles. The topological polar surface area (TPSA) is 97.1 Å².